The fourth-order valence-corrected chi connectivity index (χ4v) is 4.10. The zero-order chi connectivity index (χ0) is 20.0. The molecule has 0 radical (unpaired) electrons. The second kappa shape index (κ2) is 6.88. The van der Waals surface area contributed by atoms with Gasteiger partial charge in [-0.15, -0.1) is 5.10 Å². The molecule has 6 nitrogen and oxygen atoms in total. The van der Waals surface area contributed by atoms with E-state index in [2.05, 4.69) is 53.3 Å². The highest BCUT2D eigenvalue weighted by Crippen LogP contribution is 2.23. The summed E-state index contributed by atoms with van der Waals surface area (Å²) in [7, 11) is 0. The van der Waals surface area contributed by atoms with E-state index in [0.29, 0.717) is 18.1 Å². The van der Waals surface area contributed by atoms with Crippen molar-refractivity contribution in [2.75, 3.05) is 11.4 Å². The molecule has 0 saturated carbocycles. The quantitative estimate of drug-likeness (QED) is 0.544. The fraction of sp³-hybridized carbons (Fsp3) is 0.261. The van der Waals surface area contributed by atoms with Crippen molar-refractivity contribution in [3.8, 4) is 0 Å². The van der Waals surface area contributed by atoms with Crippen LogP contribution in [0.5, 0.6) is 0 Å². The second-order valence-electron chi connectivity index (χ2n) is 7.76. The highest BCUT2D eigenvalue weighted by molar-refractivity contribution is 5.49. The molecule has 3 heterocycles. The molecule has 2 aromatic carbocycles. The van der Waals surface area contributed by atoms with Crippen molar-refractivity contribution in [3.63, 3.8) is 0 Å². The first-order chi connectivity index (χ1) is 14.1. The Morgan fingerprint density at radius 3 is 2.66 bits per heavy atom. The number of fused-ring (bicyclic) bond motifs is 2. The average molecular weight is 385 g/mol. The van der Waals surface area contributed by atoms with Gasteiger partial charge in [-0.05, 0) is 37.0 Å². The Morgan fingerprint density at radius 1 is 1.00 bits per heavy atom. The molecule has 6 heteroatoms. The van der Waals surface area contributed by atoms with Gasteiger partial charge >= 0.3 is 5.69 Å². The van der Waals surface area contributed by atoms with Gasteiger partial charge in [-0.2, -0.15) is 0 Å². The van der Waals surface area contributed by atoms with Gasteiger partial charge in [-0.3, -0.25) is 0 Å². The smallest absolute Gasteiger partial charge is 0.337 e. The predicted octanol–water partition coefficient (Wildman–Crippen LogP) is 3.12. The van der Waals surface area contributed by atoms with E-state index in [-0.39, 0.29) is 5.69 Å². The Morgan fingerprint density at radius 2 is 1.83 bits per heavy atom. The van der Waals surface area contributed by atoms with Crippen molar-refractivity contribution in [3.05, 3.63) is 93.0 Å². The van der Waals surface area contributed by atoms with Gasteiger partial charge in [0.15, 0.2) is 5.65 Å². The maximum atomic E-state index is 13.2. The maximum Gasteiger partial charge on any atom is 0.353 e. The lowest BCUT2D eigenvalue weighted by molar-refractivity contribution is 0.650. The van der Waals surface area contributed by atoms with Crippen LogP contribution in [0.4, 0.5) is 5.95 Å². The molecule has 0 fully saturated rings. The topological polar surface area (TPSA) is 55.4 Å². The summed E-state index contributed by atoms with van der Waals surface area (Å²) in [6, 6.07) is 18.5. The van der Waals surface area contributed by atoms with E-state index in [9.17, 15) is 4.79 Å². The van der Waals surface area contributed by atoms with E-state index in [1.165, 1.54) is 21.4 Å². The van der Waals surface area contributed by atoms with E-state index in [1.54, 1.807) is 4.40 Å². The summed E-state index contributed by atoms with van der Waals surface area (Å²) in [6.45, 7) is 6.03. The van der Waals surface area contributed by atoms with Crippen LogP contribution in [0.25, 0.3) is 5.65 Å². The molecule has 0 unspecified atom stereocenters. The molecule has 0 saturated heterocycles. The Balaban J connectivity index is 1.58. The van der Waals surface area contributed by atoms with Gasteiger partial charge in [0.25, 0.3) is 0 Å². The number of hydrogen-bond donors (Lipinski definition) is 0. The number of aryl methyl sites for hydroxylation is 2. The average Bonchev–Trinajstić information content (AvgIpc) is 3.02. The van der Waals surface area contributed by atoms with Crippen LogP contribution >= 0.6 is 0 Å². The van der Waals surface area contributed by atoms with Crippen LogP contribution in [0.15, 0.2) is 59.4 Å². The van der Waals surface area contributed by atoms with Gasteiger partial charge in [0.1, 0.15) is 0 Å². The van der Waals surface area contributed by atoms with Crippen LogP contribution in [0.3, 0.4) is 0 Å². The van der Waals surface area contributed by atoms with Gasteiger partial charge in [0.2, 0.25) is 5.95 Å². The molecule has 29 heavy (non-hydrogen) atoms. The Hall–Kier alpha value is -3.41. The summed E-state index contributed by atoms with van der Waals surface area (Å²) in [5, 5.41) is 4.60. The lowest BCUT2D eigenvalue weighted by Gasteiger charge is -2.29. The summed E-state index contributed by atoms with van der Waals surface area (Å²) in [4.78, 5) is 20.1. The first-order valence-corrected chi connectivity index (χ1v) is 9.93. The van der Waals surface area contributed by atoms with E-state index in [1.807, 2.05) is 25.1 Å². The van der Waals surface area contributed by atoms with Gasteiger partial charge in [0.05, 0.1) is 6.54 Å². The number of hydrogen-bond acceptors (Lipinski definition) is 4. The molecule has 146 valence electrons. The lowest BCUT2D eigenvalue weighted by Crippen LogP contribution is -2.35. The zero-order valence-corrected chi connectivity index (χ0v) is 16.7. The zero-order valence-electron chi connectivity index (χ0n) is 16.7. The molecule has 0 aliphatic carbocycles. The number of anilines is 1. The maximum absolute atomic E-state index is 13.2. The largest absolute Gasteiger partial charge is 0.353 e. The highest BCUT2D eigenvalue weighted by Gasteiger charge is 2.22. The summed E-state index contributed by atoms with van der Waals surface area (Å²) >= 11 is 0. The highest BCUT2D eigenvalue weighted by atomic mass is 16.2. The molecule has 0 spiro atoms. The summed E-state index contributed by atoms with van der Waals surface area (Å²) in [5.74, 6) is 0.676. The van der Waals surface area contributed by atoms with Gasteiger partial charge in [-0.25, -0.2) is 18.9 Å². The molecule has 0 bridgehead atoms. The first kappa shape index (κ1) is 17.7. The van der Waals surface area contributed by atoms with Crippen molar-refractivity contribution in [1.82, 2.24) is 19.2 Å². The summed E-state index contributed by atoms with van der Waals surface area (Å²) < 4.78 is 3.18. The van der Waals surface area contributed by atoms with Crippen LogP contribution in [0.1, 0.15) is 27.9 Å². The number of benzene rings is 2. The van der Waals surface area contributed by atoms with Gasteiger partial charge in [0, 0.05) is 24.8 Å². The Labute approximate surface area is 169 Å². The Kier molecular flexibility index (Phi) is 4.19. The number of rotatable bonds is 3. The molecule has 4 aromatic rings. The van der Waals surface area contributed by atoms with Crippen LogP contribution in [0, 0.1) is 13.8 Å². The van der Waals surface area contributed by atoms with Crippen molar-refractivity contribution < 1.29 is 0 Å². The molecule has 2 aromatic heterocycles. The molecule has 5 rings (SSSR count). The third-order valence-electron chi connectivity index (χ3n) is 5.51. The number of nitrogens with zero attached hydrogens (tertiary/aromatic N) is 5. The Bertz CT molecular complexity index is 1270. The van der Waals surface area contributed by atoms with Gasteiger partial charge < -0.3 is 4.90 Å². The van der Waals surface area contributed by atoms with Crippen LogP contribution in [-0.2, 0) is 19.5 Å². The molecule has 0 atom stereocenters. The second-order valence-corrected chi connectivity index (χ2v) is 7.76. The molecule has 1 aliphatic rings. The molecule has 0 amide bonds. The van der Waals surface area contributed by atoms with Crippen molar-refractivity contribution in [2.45, 2.75) is 33.4 Å². The predicted molar refractivity (Wildman–Crippen MR) is 113 cm³/mol. The van der Waals surface area contributed by atoms with Crippen molar-refractivity contribution in [1.29, 1.82) is 0 Å². The number of aromatic nitrogens is 4. The van der Waals surface area contributed by atoms with Crippen LogP contribution in [-0.4, -0.2) is 25.7 Å². The fourth-order valence-electron chi connectivity index (χ4n) is 4.10. The molecule has 1 aliphatic heterocycles. The molecular formula is C23H23N5O. The molecular weight excluding hydrogens is 362 g/mol. The van der Waals surface area contributed by atoms with Crippen LogP contribution < -0.4 is 10.6 Å². The minimum absolute atomic E-state index is 0.150. The van der Waals surface area contributed by atoms with Crippen molar-refractivity contribution >= 4 is 11.6 Å². The molecule has 0 N–H and O–H groups in total. The minimum atomic E-state index is -0.150. The van der Waals surface area contributed by atoms with Gasteiger partial charge in [-0.1, -0.05) is 54.1 Å². The van der Waals surface area contributed by atoms with E-state index < -0.39 is 0 Å². The van der Waals surface area contributed by atoms with E-state index >= 15 is 0 Å². The lowest BCUT2D eigenvalue weighted by atomic mass is 10.0. The monoisotopic (exact) mass is 385 g/mol. The van der Waals surface area contributed by atoms with E-state index in [4.69, 9.17) is 4.98 Å². The van der Waals surface area contributed by atoms with E-state index in [0.717, 1.165) is 30.8 Å². The van der Waals surface area contributed by atoms with Crippen molar-refractivity contribution in [2.24, 2.45) is 0 Å². The third-order valence-corrected chi connectivity index (χ3v) is 5.51. The summed E-state index contributed by atoms with van der Waals surface area (Å²) in [6.07, 6.45) is 0.944. The minimum Gasteiger partial charge on any atom is -0.337 e. The SMILES string of the molecule is Cc1cccc(Cn2nc3cc(C)nc(N4CCc5ccccc5C4)n3c2=O)c1. The van der Waals surface area contributed by atoms with Crippen LogP contribution in [0.2, 0.25) is 0 Å². The normalized spacial score (nSPS) is 13.7. The third kappa shape index (κ3) is 3.20. The standard InChI is InChI=1S/C23H23N5O/c1-16-6-5-7-18(12-16)14-27-23(29)28-21(25-27)13-17(2)24-22(28)26-11-10-19-8-3-4-9-20(19)15-26/h3-9,12-13H,10-11,14-15H2,1-2H3. The summed E-state index contributed by atoms with van der Waals surface area (Å²) in [5.41, 5.74) is 6.25. The first-order valence-electron chi connectivity index (χ1n) is 9.93.